The number of rotatable bonds is 3. The van der Waals surface area contributed by atoms with Crippen molar-refractivity contribution >= 4 is 23.2 Å². The molecule has 0 heterocycles. The van der Waals surface area contributed by atoms with E-state index in [4.69, 9.17) is 11.6 Å². The molecule has 0 saturated carbocycles. The van der Waals surface area contributed by atoms with Gasteiger partial charge >= 0.3 is 12.5 Å². The molecule has 0 unspecified atom stereocenters. The number of benzene rings is 2. The Morgan fingerprint density at radius 1 is 0.960 bits per heavy atom. The largest absolute Gasteiger partial charge is 0.573 e. The Hall–Kier alpha value is -2.42. The highest BCUT2D eigenvalue weighted by Crippen LogP contribution is 2.36. The first-order chi connectivity index (χ1) is 11.5. The number of hydrogen-bond acceptors (Lipinski definition) is 2. The average molecular weight is 384 g/mol. The summed E-state index contributed by atoms with van der Waals surface area (Å²) in [4.78, 5) is 12.1. The van der Waals surface area contributed by atoms with Crippen molar-refractivity contribution in [1.29, 1.82) is 0 Å². The summed E-state index contributed by atoms with van der Waals surface area (Å²) in [6.07, 6.45) is -9.60. The van der Waals surface area contributed by atoms with Gasteiger partial charge in [-0.2, -0.15) is 13.2 Å². The summed E-state index contributed by atoms with van der Waals surface area (Å²) in [5, 5.41) is 1.47. The van der Waals surface area contributed by atoms with Crippen LogP contribution in [0.3, 0.4) is 0 Å². The lowest BCUT2D eigenvalue weighted by molar-refractivity contribution is -0.274. The number of amides is 1. The quantitative estimate of drug-likeness (QED) is 0.710. The van der Waals surface area contributed by atoms with Crippen molar-refractivity contribution in [1.82, 2.24) is 0 Å². The van der Waals surface area contributed by atoms with Crippen molar-refractivity contribution in [2.24, 2.45) is 0 Å². The number of carbonyl (C=O) groups excluding carboxylic acids is 1. The van der Waals surface area contributed by atoms with Crippen molar-refractivity contribution in [3.63, 3.8) is 0 Å². The van der Waals surface area contributed by atoms with Gasteiger partial charge in [-0.25, -0.2) is 0 Å². The Morgan fingerprint density at radius 2 is 1.56 bits per heavy atom. The van der Waals surface area contributed by atoms with Crippen LogP contribution in [-0.4, -0.2) is 12.3 Å². The minimum Gasteiger partial charge on any atom is -0.406 e. The van der Waals surface area contributed by atoms with E-state index in [0.29, 0.717) is 0 Å². The van der Waals surface area contributed by atoms with Gasteiger partial charge in [0, 0.05) is 5.69 Å². The summed E-state index contributed by atoms with van der Waals surface area (Å²) in [7, 11) is 0. The zero-order chi connectivity index (χ0) is 18.8. The topological polar surface area (TPSA) is 38.3 Å². The molecule has 3 nitrogen and oxygen atoms in total. The van der Waals surface area contributed by atoms with E-state index in [1.165, 1.54) is 0 Å². The molecule has 0 atom stereocenters. The predicted octanol–water partition coefficient (Wildman–Crippen LogP) is 5.51. The van der Waals surface area contributed by atoms with Crippen molar-refractivity contribution < 1.29 is 35.9 Å². The lowest BCUT2D eigenvalue weighted by Gasteiger charge is -2.13. The van der Waals surface area contributed by atoms with Gasteiger partial charge in [0.2, 0.25) is 0 Å². The second-order valence-corrected chi connectivity index (χ2v) is 5.07. The third kappa shape index (κ3) is 5.02. The molecular weight excluding hydrogens is 376 g/mol. The predicted molar refractivity (Wildman–Crippen MR) is 77.5 cm³/mol. The summed E-state index contributed by atoms with van der Waals surface area (Å²) in [5.41, 5.74) is -1.55. The van der Waals surface area contributed by atoms with Crippen molar-refractivity contribution in [2.75, 3.05) is 5.32 Å². The summed E-state index contributed by atoms with van der Waals surface area (Å²) in [5.74, 6) is -1.46. The van der Waals surface area contributed by atoms with E-state index >= 15 is 0 Å². The van der Waals surface area contributed by atoms with E-state index in [2.05, 4.69) is 10.1 Å². The van der Waals surface area contributed by atoms with E-state index in [-0.39, 0.29) is 5.69 Å². The van der Waals surface area contributed by atoms with E-state index in [1.807, 2.05) is 0 Å². The first-order valence-corrected chi connectivity index (χ1v) is 6.88. The molecule has 0 radical (unpaired) electrons. The summed E-state index contributed by atoms with van der Waals surface area (Å²) < 4.78 is 78.2. The van der Waals surface area contributed by atoms with Gasteiger partial charge in [0.1, 0.15) is 5.75 Å². The summed E-state index contributed by atoms with van der Waals surface area (Å²) in [6, 6.07) is 6.91. The monoisotopic (exact) mass is 383 g/mol. The molecule has 2 rings (SSSR count). The Balaban J connectivity index is 2.18. The van der Waals surface area contributed by atoms with Gasteiger partial charge in [0.05, 0.1) is 16.1 Å². The highest BCUT2D eigenvalue weighted by Gasteiger charge is 2.34. The van der Waals surface area contributed by atoms with E-state index < -0.39 is 40.3 Å². The number of hydrogen-bond donors (Lipinski definition) is 1. The van der Waals surface area contributed by atoms with Crippen LogP contribution in [0.4, 0.5) is 32.0 Å². The standard InChI is InChI=1S/C15H8ClF6NO2/c16-12-10(2-1-3-11(12)14(17,18)19)13(24)23-8-4-6-9(7-5-8)25-15(20,21)22/h1-7H,(H,23,24). The number of nitrogens with one attached hydrogen (secondary N) is 1. The molecule has 2 aromatic rings. The van der Waals surface area contributed by atoms with E-state index in [1.54, 1.807) is 0 Å². The summed E-state index contributed by atoms with van der Waals surface area (Å²) in [6.45, 7) is 0. The second-order valence-electron chi connectivity index (χ2n) is 4.69. The second kappa shape index (κ2) is 6.83. The Labute approximate surface area is 142 Å². The third-order valence-electron chi connectivity index (χ3n) is 2.89. The first kappa shape index (κ1) is 18.9. The normalized spacial score (nSPS) is 12.0. The Kier molecular flexibility index (Phi) is 5.17. The van der Waals surface area contributed by atoms with Gasteiger partial charge in [-0.1, -0.05) is 17.7 Å². The molecule has 0 spiro atoms. The first-order valence-electron chi connectivity index (χ1n) is 6.50. The maximum Gasteiger partial charge on any atom is 0.573 e. The highest BCUT2D eigenvalue weighted by atomic mass is 35.5. The van der Waals surface area contributed by atoms with E-state index in [9.17, 15) is 31.1 Å². The Morgan fingerprint density at radius 3 is 2.08 bits per heavy atom. The number of ether oxygens (including phenoxy) is 1. The van der Waals surface area contributed by atoms with Crippen LogP contribution in [0.15, 0.2) is 42.5 Å². The maximum absolute atomic E-state index is 12.8. The number of carbonyl (C=O) groups is 1. The maximum atomic E-state index is 12.8. The molecule has 1 N–H and O–H groups in total. The fourth-order valence-corrected chi connectivity index (χ4v) is 2.18. The summed E-state index contributed by atoms with van der Waals surface area (Å²) >= 11 is 5.63. The minimum absolute atomic E-state index is 0.0491. The average Bonchev–Trinajstić information content (AvgIpc) is 2.46. The SMILES string of the molecule is O=C(Nc1ccc(OC(F)(F)F)cc1)c1cccc(C(F)(F)F)c1Cl. The molecule has 0 fully saturated rings. The van der Waals surface area contributed by atoms with Crippen LogP contribution in [0.1, 0.15) is 15.9 Å². The van der Waals surface area contributed by atoms with Crippen LogP contribution in [0, 0.1) is 0 Å². The van der Waals surface area contributed by atoms with Gasteiger partial charge < -0.3 is 10.1 Å². The molecule has 10 heteroatoms. The molecule has 0 aliphatic heterocycles. The van der Waals surface area contributed by atoms with Gasteiger partial charge in [-0.15, -0.1) is 13.2 Å². The molecule has 2 aromatic carbocycles. The molecule has 0 aliphatic rings. The van der Waals surface area contributed by atoms with Crippen LogP contribution in [0.25, 0.3) is 0 Å². The van der Waals surface area contributed by atoms with Gasteiger partial charge in [-0.05, 0) is 36.4 Å². The Bertz CT molecular complexity index is 771. The molecule has 0 saturated heterocycles. The van der Waals surface area contributed by atoms with Gasteiger partial charge in [-0.3, -0.25) is 4.79 Å². The molecular formula is C15H8ClF6NO2. The molecule has 25 heavy (non-hydrogen) atoms. The van der Waals surface area contributed by atoms with Gasteiger partial charge in [0.25, 0.3) is 5.91 Å². The smallest absolute Gasteiger partial charge is 0.406 e. The van der Waals surface area contributed by atoms with Crippen LogP contribution >= 0.6 is 11.6 Å². The zero-order valence-corrected chi connectivity index (χ0v) is 12.8. The molecule has 134 valence electrons. The molecule has 0 aromatic heterocycles. The van der Waals surface area contributed by atoms with Crippen LogP contribution in [0.2, 0.25) is 5.02 Å². The molecule has 0 bridgehead atoms. The third-order valence-corrected chi connectivity index (χ3v) is 3.30. The van der Waals surface area contributed by atoms with Crippen LogP contribution in [0.5, 0.6) is 5.75 Å². The van der Waals surface area contributed by atoms with Gasteiger partial charge in [0.15, 0.2) is 0 Å². The fraction of sp³-hybridized carbons (Fsp3) is 0.133. The van der Waals surface area contributed by atoms with E-state index in [0.717, 1.165) is 42.5 Å². The molecule has 0 aliphatic carbocycles. The highest BCUT2D eigenvalue weighted by molar-refractivity contribution is 6.35. The number of anilines is 1. The van der Waals surface area contributed by atoms with Crippen molar-refractivity contribution in [2.45, 2.75) is 12.5 Å². The lowest BCUT2D eigenvalue weighted by atomic mass is 10.1. The van der Waals surface area contributed by atoms with Crippen molar-refractivity contribution in [3.05, 3.63) is 58.6 Å². The molecule has 1 amide bonds. The van der Waals surface area contributed by atoms with Crippen molar-refractivity contribution in [3.8, 4) is 5.75 Å². The van der Waals surface area contributed by atoms with Crippen LogP contribution in [-0.2, 0) is 6.18 Å². The minimum atomic E-state index is -4.86. The lowest BCUT2D eigenvalue weighted by Crippen LogP contribution is -2.17. The zero-order valence-electron chi connectivity index (χ0n) is 12.0. The number of halogens is 7. The number of alkyl halides is 6. The van der Waals surface area contributed by atoms with Crippen LogP contribution < -0.4 is 10.1 Å². The fourth-order valence-electron chi connectivity index (χ4n) is 1.86.